The lowest BCUT2D eigenvalue weighted by atomic mass is 9.88. The van der Waals surface area contributed by atoms with E-state index in [1.54, 1.807) is 0 Å². The standard InChI is InChI=1S/C26H32ClN3O2/c1-19(28-26(31)20-11-3-2-4-12-20)25-29-22-14-6-7-15-23(22)30(25)17-9-10-18-32-24-16-8-5-13-21(24)27/h5-8,13-16,19-20H,2-4,9-12,17-18H2,1H3,(H,28,31). The van der Waals surface area contributed by atoms with Crippen LogP contribution in [0.5, 0.6) is 5.75 Å². The summed E-state index contributed by atoms with van der Waals surface area (Å²) >= 11 is 6.16. The van der Waals surface area contributed by atoms with Gasteiger partial charge < -0.3 is 14.6 Å². The second-order valence-electron chi connectivity index (χ2n) is 8.66. The fourth-order valence-corrected chi connectivity index (χ4v) is 4.73. The van der Waals surface area contributed by atoms with Crippen molar-refractivity contribution < 1.29 is 9.53 Å². The molecule has 5 nitrogen and oxygen atoms in total. The summed E-state index contributed by atoms with van der Waals surface area (Å²) in [5.41, 5.74) is 2.07. The number of unbranched alkanes of at least 4 members (excludes halogenated alkanes) is 1. The van der Waals surface area contributed by atoms with Crippen molar-refractivity contribution in [2.24, 2.45) is 5.92 Å². The molecule has 3 aromatic rings. The first kappa shape index (κ1) is 22.7. The number of hydrogen-bond acceptors (Lipinski definition) is 3. The van der Waals surface area contributed by atoms with E-state index in [2.05, 4.69) is 16.0 Å². The molecule has 32 heavy (non-hydrogen) atoms. The average Bonchev–Trinajstić information content (AvgIpc) is 3.19. The number of halogens is 1. The van der Waals surface area contributed by atoms with Gasteiger partial charge in [-0.25, -0.2) is 4.98 Å². The van der Waals surface area contributed by atoms with Crippen molar-refractivity contribution in [1.82, 2.24) is 14.9 Å². The number of para-hydroxylation sites is 3. The molecule has 170 valence electrons. The van der Waals surface area contributed by atoms with Crippen molar-refractivity contribution in [3.8, 4) is 5.75 Å². The number of carbonyl (C=O) groups excluding carboxylic acids is 1. The number of hydrogen-bond donors (Lipinski definition) is 1. The van der Waals surface area contributed by atoms with E-state index < -0.39 is 0 Å². The maximum Gasteiger partial charge on any atom is 0.223 e. The third kappa shape index (κ3) is 5.44. The van der Waals surface area contributed by atoms with Crippen LogP contribution in [-0.2, 0) is 11.3 Å². The number of nitrogens with zero attached hydrogens (tertiary/aromatic N) is 2. The number of carbonyl (C=O) groups is 1. The van der Waals surface area contributed by atoms with E-state index in [4.69, 9.17) is 21.3 Å². The molecule has 1 amide bonds. The molecule has 1 aromatic heterocycles. The fraction of sp³-hybridized carbons (Fsp3) is 0.462. The Morgan fingerprint density at radius 3 is 2.69 bits per heavy atom. The summed E-state index contributed by atoms with van der Waals surface area (Å²) in [6, 6.07) is 15.6. The van der Waals surface area contributed by atoms with Gasteiger partial charge in [0.1, 0.15) is 11.6 Å². The highest BCUT2D eigenvalue weighted by atomic mass is 35.5. The van der Waals surface area contributed by atoms with Gasteiger partial charge in [0.15, 0.2) is 0 Å². The molecule has 0 radical (unpaired) electrons. The quantitative estimate of drug-likeness (QED) is 0.386. The highest BCUT2D eigenvalue weighted by molar-refractivity contribution is 6.32. The minimum absolute atomic E-state index is 0.129. The van der Waals surface area contributed by atoms with Crippen LogP contribution >= 0.6 is 11.6 Å². The highest BCUT2D eigenvalue weighted by Gasteiger charge is 2.24. The van der Waals surface area contributed by atoms with Gasteiger partial charge in [-0.2, -0.15) is 0 Å². The van der Waals surface area contributed by atoms with Crippen LogP contribution in [0, 0.1) is 5.92 Å². The zero-order valence-electron chi connectivity index (χ0n) is 18.7. The summed E-state index contributed by atoms with van der Waals surface area (Å²) in [6.45, 7) is 3.48. The van der Waals surface area contributed by atoms with Gasteiger partial charge in [0.2, 0.25) is 5.91 Å². The van der Waals surface area contributed by atoms with Crippen molar-refractivity contribution in [3.05, 3.63) is 59.4 Å². The Morgan fingerprint density at radius 2 is 1.88 bits per heavy atom. The predicted octanol–water partition coefficient (Wildman–Crippen LogP) is 6.31. The Morgan fingerprint density at radius 1 is 1.12 bits per heavy atom. The SMILES string of the molecule is CC(NC(=O)C1CCCCC1)c1nc2ccccc2n1CCCCOc1ccccc1Cl. The van der Waals surface area contributed by atoms with Crippen LogP contribution in [0.15, 0.2) is 48.5 Å². The molecule has 0 saturated heterocycles. The van der Waals surface area contributed by atoms with Crippen LogP contribution in [-0.4, -0.2) is 22.1 Å². The summed E-state index contributed by atoms with van der Waals surface area (Å²) in [5.74, 6) is 1.96. The summed E-state index contributed by atoms with van der Waals surface area (Å²) in [4.78, 5) is 17.7. The van der Waals surface area contributed by atoms with Gasteiger partial charge in [0, 0.05) is 12.5 Å². The Kier molecular flexibility index (Phi) is 7.69. The number of rotatable bonds is 9. The van der Waals surface area contributed by atoms with Crippen LogP contribution in [0.25, 0.3) is 11.0 Å². The smallest absolute Gasteiger partial charge is 0.223 e. The molecule has 1 heterocycles. The molecule has 1 atom stereocenters. The zero-order chi connectivity index (χ0) is 22.3. The van der Waals surface area contributed by atoms with E-state index in [9.17, 15) is 4.79 Å². The number of benzene rings is 2. The predicted molar refractivity (Wildman–Crippen MR) is 129 cm³/mol. The van der Waals surface area contributed by atoms with Crippen LogP contribution in [0.1, 0.15) is 63.7 Å². The lowest BCUT2D eigenvalue weighted by molar-refractivity contribution is -0.126. The molecular formula is C26H32ClN3O2. The first-order valence-corrected chi connectivity index (χ1v) is 12.1. The Hall–Kier alpha value is -2.53. The van der Waals surface area contributed by atoms with Crippen molar-refractivity contribution in [2.75, 3.05) is 6.61 Å². The molecule has 6 heteroatoms. The van der Waals surface area contributed by atoms with Crippen molar-refractivity contribution >= 4 is 28.5 Å². The van der Waals surface area contributed by atoms with E-state index in [0.717, 1.165) is 67.7 Å². The maximum atomic E-state index is 12.8. The summed E-state index contributed by atoms with van der Waals surface area (Å²) in [6.07, 6.45) is 7.40. The summed E-state index contributed by atoms with van der Waals surface area (Å²) < 4.78 is 8.07. The molecule has 0 spiro atoms. The number of amides is 1. The van der Waals surface area contributed by atoms with Gasteiger partial charge in [-0.1, -0.05) is 55.1 Å². The second-order valence-corrected chi connectivity index (χ2v) is 9.07. The number of aromatic nitrogens is 2. The van der Waals surface area contributed by atoms with E-state index in [-0.39, 0.29) is 17.9 Å². The maximum absolute atomic E-state index is 12.8. The van der Waals surface area contributed by atoms with Crippen molar-refractivity contribution in [2.45, 2.75) is 64.5 Å². The number of fused-ring (bicyclic) bond motifs is 1. The van der Waals surface area contributed by atoms with Crippen LogP contribution in [0.4, 0.5) is 0 Å². The Bertz CT molecular complexity index is 1040. The van der Waals surface area contributed by atoms with Crippen LogP contribution in [0.3, 0.4) is 0 Å². The normalized spacial score (nSPS) is 15.6. The van der Waals surface area contributed by atoms with Gasteiger partial charge in [0.25, 0.3) is 0 Å². The lowest BCUT2D eigenvalue weighted by Crippen LogP contribution is -2.35. The molecule has 1 fully saturated rings. The number of imidazole rings is 1. The molecule has 0 aliphatic heterocycles. The van der Waals surface area contributed by atoms with Gasteiger partial charge >= 0.3 is 0 Å². The van der Waals surface area contributed by atoms with Gasteiger partial charge in [-0.15, -0.1) is 0 Å². The highest BCUT2D eigenvalue weighted by Crippen LogP contribution is 2.26. The lowest BCUT2D eigenvalue weighted by Gasteiger charge is -2.23. The topological polar surface area (TPSA) is 56.2 Å². The minimum Gasteiger partial charge on any atom is -0.492 e. The third-order valence-electron chi connectivity index (χ3n) is 6.28. The summed E-state index contributed by atoms with van der Waals surface area (Å²) in [7, 11) is 0. The Labute approximate surface area is 195 Å². The molecule has 1 unspecified atom stereocenters. The Balaban J connectivity index is 1.39. The van der Waals surface area contributed by atoms with Gasteiger partial charge in [0.05, 0.1) is 28.7 Å². The molecule has 1 aliphatic carbocycles. The number of ether oxygens (including phenoxy) is 1. The van der Waals surface area contributed by atoms with Crippen LogP contribution in [0.2, 0.25) is 5.02 Å². The average molecular weight is 454 g/mol. The van der Waals surface area contributed by atoms with Crippen molar-refractivity contribution in [3.63, 3.8) is 0 Å². The largest absolute Gasteiger partial charge is 0.492 e. The van der Waals surface area contributed by atoms with Gasteiger partial charge in [-0.05, 0) is 56.9 Å². The molecule has 4 rings (SSSR count). The molecule has 1 saturated carbocycles. The molecule has 2 aromatic carbocycles. The van der Waals surface area contributed by atoms with Crippen molar-refractivity contribution in [1.29, 1.82) is 0 Å². The summed E-state index contributed by atoms with van der Waals surface area (Å²) in [5, 5.41) is 3.87. The first-order valence-electron chi connectivity index (χ1n) is 11.8. The third-order valence-corrected chi connectivity index (χ3v) is 6.59. The second kappa shape index (κ2) is 10.9. The van der Waals surface area contributed by atoms with E-state index >= 15 is 0 Å². The fourth-order valence-electron chi connectivity index (χ4n) is 4.54. The van der Waals surface area contributed by atoms with Gasteiger partial charge in [-0.3, -0.25) is 4.79 Å². The molecule has 1 aliphatic rings. The number of aryl methyl sites for hydroxylation is 1. The van der Waals surface area contributed by atoms with Crippen LogP contribution < -0.4 is 10.1 Å². The van der Waals surface area contributed by atoms with E-state index in [0.29, 0.717) is 11.6 Å². The minimum atomic E-state index is -0.129. The van der Waals surface area contributed by atoms with E-state index in [1.165, 1.54) is 6.42 Å². The number of nitrogens with one attached hydrogen (secondary N) is 1. The van der Waals surface area contributed by atoms with E-state index in [1.807, 2.05) is 49.4 Å². The monoisotopic (exact) mass is 453 g/mol. The molecule has 0 bridgehead atoms. The molecule has 1 N–H and O–H groups in total. The first-order chi connectivity index (χ1) is 15.6. The molecular weight excluding hydrogens is 422 g/mol. The zero-order valence-corrected chi connectivity index (χ0v) is 19.5.